The van der Waals surface area contributed by atoms with Gasteiger partial charge in [-0.1, -0.05) is 57.4 Å². The Labute approximate surface area is 130 Å². The van der Waals surface area contributed by atoms with E-state index in [-0.39, 0.29) is 12.3 Å². The van der Waals surface area contributed by atoms with E-state index in [1.807, 2.05) is 36.4 Å². The normalized spacial score (nSPS) is 14.8. The highest BCUT2D eigenvalue weighted by atomic mass is 31.0. The van der Waals surface area contributed by atoms with Crippen molar-refractivity contribution in [1.29, 1.82) is 0 Å². The van der Waals surface area contributed by atoms with E-state index in [1.54, 1.807) is 18.2 Å². The fourth-order valence-electron chi connectivity index (χ4n) is 2.66. The van der Waals surface area contributed by atoms with Crippen molar-refractivity contribution in [2.45, 2.75) is 12.5 Å². The first-order valence-corrected chi connectivity index (χ1v) is 7.38. The van der Waals surface area contributed by atoms with Gasteiger partial charge in [0, 0.05) is 17.5 Å². The summed E-state index contributed by atoms with van der Waals surface area (Å²) < 4.78 is 0. The average Bonchev–Trinajstić information content (AvgIpc) is 2.78. The minimum Gasteiger partial charge on any atom is -0.480 e. The predicted octanol–water partition coefficient (Wildman–Crippen LogP) is 2.46. The average molecular weight is 311 g/mol. The van der Waals surface area contributed by atoms with Gasteiger partial charge in [-0.3, -0.25) is 9.69 Å². The third-order valence-corrected chi connectivity index (χ3v) is 4.25. The number of aliphatic carboxylic acids is 1. The van der Waals surface area contributed by atoms with Gasteiger partial charge in [-0.05, 0) is 11.6 Å². The number of carbonyl (C=O) groups excluding carboxylic acids is 1. The molecular weight excluding hydrogens is 297 g/mol. The maximum absolute atomic E-state index is 12.6. The second-order valence-electron chi connectivity index (χ2n) is 5.11. The molecule has 0 radical (unpaired) electrons. The van der Waals surface area contributed by atoms with E-state index < -0.39 is 12.0 Å². The maximum Gasteiger partial charge on any atom is 0.327 e. The largest absolute Gasteiger partial charge is 0.480 e. The van der Waals surface area contributed by atoms with Crippen molar-refractivity contribution in [3.63, 3.8) is 0 Å². The Balaban J connectivity index is 1.95. The fraction of sp³-hybridized carbons (Fsp3) is 0.118. The zero-order valence-corrected chi connectivity index (χ0v) is 12.7. The number of fused-ring (bicyclic) bond motifs is 1. The number of hydrogen-bond acceptors (Lipinski definition) is 2. The van der Waals surface area contributed by atoms with Crippen LogP contribution in [0.2, 0.25) is 0 Å². The van der Waals surface area contributed by atoms with Crippen LogP contribution in [0, 0.1) is 0 Å². The van der Waals surface area contributed by atoms with Crippen LogP contribution in [0.3, 0.4) is 0 Å². The van der Waals surface area contributed by atoms with Crippen molar-refractivity contribution >= 4 is 26.2 Å². The van der Waals surface area contributed by atoms with Gasteiger partial charge in [0.05, 0.1) is 5.42 Å². The summed E-state index contributed by atoms with van der Waals surface area (Å²) in [4.78, 5) is 25.6. The molecule has 2 aromatic rings. The number of amides is 1. The quantitative estimate of drug-likeness (QED) is 0.883. The highest BCUT2D eigenvalue weighted by Crippen LogP contribution is 2.27. The Morgan fingerprint density at radius 2 is 1.64 bits per heavy atom. The highest BCUT2D eigenvalue weighted by Gasteiger charge is 2.39. The molecule has 110 valence electrons. The van der Waals surface area contributed by atoms with Gasteiger partial charge in [-0.25, -0.2) is 4.79 Å². The number of nitrogens with zero attached hydrogens (tertiary/aromatic N) is 1. The summed E-state index contributed by atoms with van der Waals surface area (Å²) in [5.41, 5.74) is 2.62. The molecule has 1 N–H and O–H groups in total. The molecule has 0 saturated carbocycles. The molecule has 1 aliphatic rings. The summed E-state index contributed by atoms with van der Waals surface area (Å²) in [5.74, 6) is -1.32. The van der Waals surface area contributed by atoms with E-state index in [2.05, 4.69) is 8.86 Å². The maximum atomic E-state index is 12.6. The van der Waals surface area contributed by atoms with Gasteiger partial charge in [-0.2, -0.15) is 0 Å². The zero-order valence-electron chi connectivity index (χ0n) is 11.7. The first-order valence-electron chi connectivity index (χ1n) is 6.88. The van der Waals surface area contributed by atoms with Crippen LogP contribution in [0.4, 0.5) is 0 Å². The predicted molar refractivity (Wildman–Crippen MR) is 86.6 cm³/mol. The molecular formula is C17H14NO3P. The molecule has 1 aliphatic heterocycles. The summed E-state index contributed by atoms with van der Waals surface area (Å²) in [5, 5.41) is 9.58. The lowest BCUT2D eigenvalue weighted by Gasteiger charge is -2.25. The minimum absolute atomic E-state index is 0.254. The van der Waals surface area contributed by atoms with Crippen molar-refractivity contribution in [1.82, 2.24) is 4.90 Å². The van der Waals surface area contributed by atoms with Crippen LogP contribution in [0.25, 0.3) is 0 Å². The van der Waals surface area contributed by atoms with E-state index in [1.165, 1.54) is 4.90 Å². The summed E-state index contributed by atoms with van der Waals surface area (Å²) in [7, 11) is 3.44. The van der Waals surface area contributed by atoms with E-state index in [4.69, 9.17) is 0 Å². The first kappa shape index (κ1) is 14.5. The van der Waals surface area contributed by atoms with Crippen LogP contribution >= 0.6 is 8.86 Å². The van der Waals surface area contributed by atoms with E-state index in [0.717, 1.165) is 11.1 Å². The molecule has 1 unspecified atom stereocenters. The van der Waals surface area contributed by atoms with Crippen molar-refractivity contribution < 1.29 is 14.7 Å². The second-order valence-corrected chi connectivity index (χ2v) is 5.59. The molecule has 0 aromatic heterocycles. The standard InChI is InChI=1S/C17H14NO3P/c19-15-12-8-4-5-9-13(12)16(22)18(15)14(17(20)21)10-11-6-2-1-3-7-11/h1-9,14,22H,10H2,(H,20,21). The minimum atomic E-state index is -1.03. The Morgan fingerprint density at radius 3 is 2.23 bits per heavy atom. The number of carboxylic acids is 1. The van der Waals surface area contributed by atoms with E-state index in [9.17, 15) is 14.7 Å². The lowest BCUT2D eigenvalue weighted by Crippen LogP contribution is -2.45. The smallest absolute Gasteiger partial charge is 0.327 e. The van der Waals surface area contributed by atoms with E-state index in [0.29, 0.717) is 11.0 Å². The molecule has 3 rings (SSSR count). The number of carbonyl (C=O) groups is 2. The summed E-state index contributed by atoms with van der Waals surface area (Å²) in [6, 6.07) is 15.5. The van der Waals surface area contributed by atoms with Crippen LogP contribution in [-0.4, -0.2) is 33.3 Å². The van der Waals surface area contributed by atoms with Crippen LogP contribution in [0.5, 0.6) is 0 Å². The van der Waals surface area contributed by atoms with Crippen LogP contribution in [0.1, 0.15) is 21.5 Å². The highest BCUT2D eigenvalue weighted by molar-refractivity contribution is 7.22. The molecule has 1 amide bonds. The zero-order chi connectivity index (χ0) is 15.7. The molecule has 2 aromatic carbocycles. The van der Waals surface area contributed by atoms with Crippen LogP contribution in [-0.2, 0) is 11.2 Å². The first-order chi connectivity index (χ1) is 10.6. The van der Waals surface area contributed by atoms with Gasteiger partial charge < -0.3 is 5.11 Å². The Hall–Kier alpha value is -2.45. The Bertz CT molecular complexity index is 723. The number of hydrogen-bond donors (Lipinski definition) is 1. The third kappa shape index (κ3) is 2.42. The fourth-order valence-corrected chi connectivity index (χ4v) is 3.14. The lowest BCUT2D eigenvalue weighted by atomic mass is 10.0. The van der Waals surface area contributed by atoms with Crippen molar-refractivity contribution in [2.75, 3.05) is 0 Å². The number of rotatable bonds is 4. The van der Waals surface area contributed by atoms with Gasteiger partial charge >= 0.3 is 5.97 Å². The molecule has 1 heterocycles. The van der Waals surface area contributed by atoms with Crippen molar-refractivity contribution in [2.24, 2.45) is 0 Å². The van der Waals surface area contributed by atoms with E-state index >= 15 is 0 Å². The molecule has 0 fully saturated rings. The molecule has 5 heteroatoms. The van der Waals surface area contributed by atoms with Gasteiger partial charge in [0.2, 0.25) is 0 Å². The van der Waals surface area contributed by atoms with Crippen molar-refractivity contribution in [3.05, 3.63) is 71.3 Å². The van der Waals surface area contributed by atoms with Crippen LogP contribution in [0.15, 0.2) is 54.6 Å². The van der Waals surface area contributed by atoms with Gasteiger partial charge in [-0.15, -0.1) is 0 Å². The van der Waals surface area contributed by atoms with Gasteiger partial charge in [0.15, 0.2) is 0 Å². The third-order valence-electron chi connectivity index (χ3n) is 3.74. The number of benzene rings is 2. The molecule has 1 atom stereocenters. The Kier molecular flexibility index (Phi) is 3.78. The lowest BCUT2D eigenvalue weighted by molar-refractivity contribution is -0.141. The molecule has 0 aliphatic carbocycles. The molecule has 22 heavy (non-hydrogen) atoms. The summed E-state index contributed by atoms with van der Waals surface area (Å²) in [6.45, 7) is 0. The molecule has 0 bridgehead atoms. The number of carboxylic acid groups (broad SMARTS) is 1. The van der Waals surface area contributed by atoms with Gasteiger partial charge in [0.1, 0.15) is 6.04 Å². The topological polar surface area (TPSA) is 57.6 Å². The van der Waals surface area contributed by atoms with Crippen LogP contribution < -0.4 is 0 Å². The van der Waals surface area contributed by atoms with Crippen molar-refractivity contribution in [3.8, 4) is 0 Å². The summed E-state index contributed by atoms with van der Waals surface area (Å²) >= 11 is 0. The molecule has 4 nitrogen and oxygen atoms in total. The molecule has 0 spiro atoms. The summed E-state index contributed by atoms with van der Waals surface area (Å²) in [6.07, 6.45) is 0.254. The monoisotopic (exact) mass is 311 g/mol. The molecule has 0 saturated heterocycles. The SMILES string of the molecule is O=C(O)C(Cc1ccccc1)N1C(=O)c2ccccc2C1=P. The second kappa shape index (κ2) is 5.74. The Morgan fingerprint density at radius 1 is 1.05 bits per heavy atom. The van der Waals surface area contributed by atoms with Gasteiger partial charge in [0.25, 0.3) is 5.91 Å².